The summed E-state index contributed by atoms with van der Waals surface area (Å²) in [5.41, 5.74) is 14.7. The largest absolute Gasteiger partial charge is 0.351 e. The van der Waals surface area contributed by atoms with E-state index >= 15 is 0 Å². The van der Waals surface area contributed by atoms with E-state index in [2.05, 4.69) is 25.7 Å². The smallest absolute Gasteiger partial charge is 0.227 e. The summed E-state index contributed by atoms with van der Waals surface area (Å²) in [6.07, 6.45) is 10.7. The van der Waals surface area contributed by atoms with Crippen molar-refractivity contribution in [3.8, 4) is 0 Å². The molecule has 5 N–H and O–H groups in total. The fourth-order valence-electron chi connectivity index (χ4n) is 4.68. The van der Waals surface area contributed by atoms with Crippen molar-refractivity contribution < 1.29 is 0 Å². The number of benzene rings is 1. The summed E-state index contributed by atoms with van der Waals surface area (Å²) in [6, 6.07) is 6.34. The number of hydrogen-bond donors (Lipinski definition) is 4. The van der Waals surface area contributed by atoms with Crippen molar-refractivity contribution in [2.45, 2.75) is 69.5 Å². The highest BCUT2D eigenvalue weighted by molar-refractivity contribution is 6.36. The molecular formula is C22H30Cl4N8. The van der Waals surface area contributed by atoms with Gasteiger partial charge < -0.3 is 15.6 Å². The number of anilines is 3. The number of nitrogens with zero attached hydrogens (tertiary/aromatic N) is 4. The topological polar surface area (TPSA) is 106 Å². The molecule has 0 radical (unpaired) electrons. The van der Waals surface area contributed by atoms with Crippen LogP contribution >= 0.6 is 48.0 Å². The molecule has 8 nitrogen and oxygen atoms in total. The van der Waals surface area contributed by atoms with E-state index < -0.39 is 0 Å². The highest BCUT2D eigenvalue weighted by atomic mass is 35.5. The second-order valence-corrected chi connectivity index (χ2v) is 9.63. The van der Waals surface area contributed by atoms with Gasteiger partial charge in [0.25, 0.3) is 0 Å². The number of nitrogens with two attached hydrogens (primary N) is 1. The van der Waals surface area contributed by atoms with Crippen molar-refractivity contribution in [2.24, 2.45) is 5.73 Å². The predicted octanol–water partition coefficient (Wildman–Crippen LogP) is 6.21. The van der Waals surface area contributed by atoms with Gasteiger partial charge in [-0.2, -0.15) is 9.97 Å². The van der Waals surface area contributed by atoms with Gasteiger partial charge in [0.05, 0.1) is 17.0 Å². The molecule has 0 aliphatic heterocycles. The average Bonchev–Trinajstić information content (AvgIpc) is 3.44. The van der Waals surface area contributed by atoms with Crippen LogP contribution in [-0.4, -0.2) is 31.6 Å². The number of hydrogen-bond acceptors (Lipinski definition) is 7. The minimum Gasteiger partial charge on any atom is -0.351 e. The van der Waals surface area contributed by atoms with Gasteiger partial charge in [-0.25, -0.2) is 4.98 Å². The molecule has 2 fully saturated rings. The van der Waals surface area contributed by atoms with Crippen molar-refractivity contribution in [1.82, 2.24) is 19.5 Å². The Kier molecular flexibility index (Phi) is 9.34. The summed E-state index contributed by atoms with van der Waals surface area (Å²) < 4.78 is 2.20. The van der Waals surface area contributed by atoms with Gasteiger partial charge in [-0.1, -0.05) is 36.0 Å². The number of imidazole rings is 1. The molecule has 0 saturated heterocycles. The Balaban J connectivity index is 0.00000162. The Morgan fingerprint density at radius 3 is 2.38 bits per heavy atom. The van der Waals surface area contributed by atoms with Crippen LogP contribution in [0.3, 0.4) is 0 Å². The Labute approximate surface area is 221 Å². The van der Waals surface area contributed by atoms with Crippen molar-refractivity contribution in [1.29, 1.82) is 0 Å². The number of nitrogens with one attached hydrogen (secondary N) is 3. The van der Waals surface area contributed by atoms with Crippen LogP contribution in [0.1, 0.15) is 57.4 Å². The number of halogens is 4. The van der Waals surface area contributed by atoms with Crippen LogP contribution in [0.25, 0.3) is 11.2 Å². The molecule has 186 valence electrons. The van der Waals surface area contributed by atoms with Gasteiger partial charge in [-0.15, -0.1) is 24.8 Å². The Morgan fingerprint density at radius 1 is 0.941 bits per heavy atom. The van der Waals surface area contributed by atoms with Gasteiger partial charge in [0.1, 0.15) is 0 Å². The monoisotopic (exact) mass is 546 g/mol. The zero-order chi connectivity index (χ0) is 22.1. The van der Waals surface area contributed by atoms with Crippen molar-refractivity contribution in [2.75, 3.05) is 16.2 Å². The molecule has 12 heteroatoms. The molecule has 5 rings (SSSR count). The van der Waals surface area contributed by atoms with E-state index in [-0.39, 0.29) is 24.8 Å². The fraction of sp³-hybridized carbons (Fsp3) is 0.500. The lowest BCUT2D eigenvalue weighted by molar-refractivity contribution is 0.410. The molecule has 2 aliphatic carbocycles. The lowest BCUT2D eigenvalue weighted by atomic mass is 9.92. The lowest BCUT2D eigenvalue weighted by Gasteiger charge is -2.27. The molecule has 2 aromatic heterocycles. The van der Waals surface area contributed by atoms with Crippen LogP contribution in [0, 0.1) is 0 Å². The third kappa shape index (κ3) is 5.91. The predicted molar refractivity (Wildman–Crippen MR) is 145 cm³/mol. The van der Waals surface area contributed by atoms with Crippen LogP contribution in [0.15, 0.2) is 24.5 Å². The molecule has 1 aromatic carbocycles. The van der Waals surface area contributed by atoms with Gasteiger partial charge >= 0.3 is 0 Å². The maximum atomic E-state index is 6.31. The quantitative estimate of drug-likeness (QED) is 0.272. The molecular weight excluding hydrogens is 518 g/mol. The van der Waals surface area contributed by atoms with Gasteiger partial charge in [0.15, 0.2) is 17.0 Å². The van der Waals surface area contributed by atoms with E-state index in [1.807, 2.05) is 12.4 Å². The lowest BCUT2D eigenvalue weighted by Crippen LogP contribution is -2.33. The van der Waals surface area contributed by atoms with E-state index in [1.54, 1.807) is 12.1 Å². The fourth-order valence-corrected chi connectivity index (χ4v) is 5.14. The standard InChI is InChI=1S/C22H28Cl2N8.2ClH/c23-13-5-10-18(17(24)11-13)30-31-20-19-21(32(12-26-19)16-3-1-2-4-16)29-22(28-20)27-15-8-6-14(25)7-9-15;;/h5,10-12,14-16,30H,1-4,6-9,25H2,(H2,27,28,29,31);2*1H. The molecule has 0 bridgehead atoms. The first-order valence-corrected chi connectivity index (χ1v) is 12.1. The average molecular weight is 548 g/mol. The van der Waals surface area contributed by atoms with Crippen molar-refractivity contribution >= 4 is 76.6 Å². The van der Waals surface area contributed by atoms with Gasteiger partial charge in [-0.3, -0.25) is 10.9 Å². The summed E-state index contributed by atoms with van der Waals surface area (Å²) in [7, 11) is 0. The zero-order valence-corrected chi connectivity index (χ0v) is 21.8. The van der Waals surface area contributed by atoms with Crippen LogP contribution in [-0.2, 0) is 0 Å². The number of fused-ring (bicyclic) bond motifs is 1. The number of hydrazine groups is 1. The summed E-state index contributed by atoms with van der Waals surface area (Å²) in [5, 5.41) is 4.63. The van der Waals surface area contributed by atoms with E-state index in [0.717, 1.165) is 49.7 Å². The molecule has 2 aliphatic rings. The van der Waals surface area contributed by atoms with Gasteiger partial charge in [0.2, 0.25) is 5.95 Å². The van der Waals surface area contributed by atoms with E-state index in [9.17, 15) is 0 Å². The summed E-state index contributed by atoms with van der Waals surface area (Å²) in [5.74, 6) is 1.21. The van der Waals surface area contributed by atoms with Crippen molar-refractivity contribution in [3.05, 3.63) is 34.6 Å². The Bertz CT molecular complexity index is 1090. The summed E-state index contributed by atoms with van der Waals surface area (Å²) in [6.45, 7) is 0. The molecule has 3 aromatic rings. The highest BCUT2D eigenvalue weighted by Gasteiger charge is 2.24. The van der Waals surface area contributed by atoms with Crippen molar-refractivity contribution in [3.63, 3.8) is 0 Å². The molecule has 0 spiro atoms. The summed E-state index contributed by atoms with van der Waals surface area (Å²) in [4.78, 5) is 14.3. The molecule has 0 unspecified atom stereocenters. The van der Waals surface area contributed by atoms with Crippen LogP contribution < -0.4 is 21.9 Å². The van der Waals surface area contributed by atoms with E-state index in [4.69, 9.17) is 38.9 Å². The number of rotatable bonds is 6. The molecule has 2 saturated carbocycles. The van der Waals surface area contributed by atoms with Gasteiger partial charge in [-0.05, 0) is 56.7 Å². The molecule has 2 heterocycles. The summed E-state index contributed by atoms with van der Waals surface area (Å²) >= 11 is 12.3. The van der Waals surface area contributed by atoms with E-state index in [0.29, 0.717) is 45.6 Å². The minimum absolute atomic E-state index is 0. The first kappa shape index (κ1) is 26.9. The molecule has 0 amide bonds. The van der Waals surface area contributed by atoms with Crippen LogP contribution in [0.4, 0.5) is 17.5 Å². The van der Waals surface area contributed by atoms with Crippen LogP contribution in [0.5, 0.6) is 0 Å². The minimum atomic E-state index is 0. The third-order valence-corrected chi connectivity index (χ3v) is 7.04. The SMILES string of the molecule is Cl.Cl.NC1CCC(Nc2nc(NNc3ccc(Cl)cc3Cl)c3ncn(C4CCCC4)c3n2)CC1. The molecule has 34 heavy (non-hydrogen) atoms. The maximum absolute atomic E-state index is 6.31. The first-order chi connectivity index (χ1) is 15.6. The zero-order valence-electron chi connectivity index (χ0n) is 18.6. The Hall–Kier alpha value is -1.71. The number of aromatic nitrogens is 4. The van der Waals surface area contributed by atoms with E-state index in [1.165, 1.54) is 12.8 Å². The first-order valence-electron chi connectivity index (χ1n) is 11.3. The highest BCUT2D eigenvalue weighted by Crippen LogP contribution is 2.33. The molecule has 0 atom stereocenters. The maximum Gasteiger partial charge on any atom is 0.227 e. The Morgan fingerprint density at radius 2 is 1.68 bits per heavy atom. The second-order valence-electron chi connectivity index (χ2n) is 8.79. The van der Waals surface area contributed by atoms with Gasteiger partial charge in [0, 0.05) is 23.1 Å². The van der Waals surface area contributed by atoms with Crippen LogP contribution in [0.2, 0.25) is 10.0 Å². The second kappa shape index (κ2) is 11.8. The third-order valence-electron chi connectivity index (χ3n) is 6.49. The normalized spacial score (nSPS) is 20.4.